The van der Waals surface area contributed by atoms with E-state index < -0.39 is 0 Å². The van der Waals surface area contributed by atoms with E-state index in [4.69, 9.17) is 5.73 Å². The second-order valence-corrected chi connectivity index (χ2v) is 4.58. The van der Waals surface area contributed by atoms with E-state index in [9.17, 15) is 4.79 Å². The summed E-state index contributed by atoms with van der Waals surface area (Å²) in [6, 6.07) is 5.44. The summed E-state index contributed by atoms with van der Waals surface area (Å²) in [5, 5.41) is 2.98. The van der Waals surface area contributed by atoms with Gasteiger partial charge in [-0.3, -0.25) is 4.79 Å². The summed E-state index contributed by atoms with van der Waals surface area (Å²) in [7, 11) is 0. The lowest BCUT2D eigenvalue weighted by Gasteiger charge is -2.14. The standard InChI is InChI=1S/C12H17BrN2O/c1-3-9(4-2)15-12(16)8-5-6-11(14)10(13)7-8/h5-7,9H,3-4,14H2,1-2H3,(H,15,16). The third-order valence-electron chi connectivity index (χ3n) is 2.58. The largest absolute Gasteiger partial charge is 0.398 e. The van der Waals surface area contributed by atoms with Crippen molar-refractivity contribution in [3.05, 3.63) is 28.2 Å². The van der Waals surface area contributed by atoms with Gasteiger partial charge in [-0.2, -0.15) is 0 Å². The quantitative estimate of drug-likeness (QED) is 0.836. The Kier molecular flexibility index (Phi) is 4.80. The van der Waals surface area contributed by atoms with Crippen molar-refractivity contribution in [1.82, 2.24) is 5.32 Å². The summed E-state index contributed by atoms with van der Waals surface area (Å²) in [4.78, 5) is 11.9. The molecule has 1 aromatic carbocycles. The summed E-state index contributed by atoms with van der Waals surface area (Å²) in [5.74, 6) is -0.0469. The summed E-state index contributed by atoms with van der Waals surface area (Å²) < 4.78 is 0.754. The van der Waals surface area contributed by atoms with Crippen LogP contribution in [0.25, 0.3) is 0 Å². The van der Waals surface area contributed by atoms with Gasteiger partial charge in [0.2, 0.25) is 0 Å². The number of hydrogen-bond donors (Lipinski definition) is 2. The monoisotopic (exact) mass is 284 g/mol. The minimum atomic E-state index is -0.0469. The molecule has 0 aliphatic carbocycles. The van der Waals surface area contributed by atoms with E-state index in [-0.39, 0.29) is 11.9 Å². The maximum atomic E-state index is 11.9. The summed E-state index contributed by atoms with van der Waals surface area (Å²) in [5.41, 5.74) is 6.93. The van der Waals surface area contributed by atoms with Crippen molar-refractivity contribution in [2.24, 2.45) is 0 Å². The predicted octanol–water partition coefficient (Wildman–Crippen LogP) is 2.95. The molecule has 16 heavy (non-hydrogen) atoms. The van der Waals surface area contributed by atoms with Crippen LogP contribution in [0.1, 0.15) is 37.0 Å². The molecule has 0 radical (unpaired) electrons. The molecule has 88 valence electrons. The number of nitrogens with one attached hydrogen (secondary N) is 1. The fourth-order valence-electron chi connectivity index (χ4n) is 1.43. The van der Waals surface area contributed by atoms with Crippen LogP contribution in [-0.2, 0) is 0 Å². The number of amides is 1. The van der Waals surface area contributed by atoms with Gasteiger partial charge in [0.15, 0.2) is 0 Å². The number of anilines is 1. The fourth-order valence-corrected chi connectivity index (χ4v) is 1.81. The van der Waals surface area contributed by atoms with E-state index in [2.05, 4.69) is 35.1 Å². The van der Waals surface area contributed by atoms with Crippen LogP contribution in [0.4, 0.5) is 5.69 Å². The fraction of sp³-hybridized carbons (Fsp3) is 0.417. The molecule has 0 aliphatic rings. The Balaban J connectivity index is 2.76. The lowest BCUT2D eigenvalue weighted by Crippen LogP contribution is -2.33. The molecule has 0 aliphatic heterocycles. The van der Waals surface area contributed by atoms with E-state index in [1.54, 1.807) is 18.2 Å². The van der Waals surface area contributed by atoms with Crippen molar-refractivity contribution in [1.29, 1.82) is 0 Å². The molecule has 1 aromatic rings. The smallest absolute Gasteiger partial charge is 0.251 e. The molecular formula is C12H17BrN2O. The van der Waals surface area contributed by atoms with E-state index in [0.29, 0.717) is 11.3 Å². The van der Waals surface area contributed by atoms with Crippen LogP contribution in [0.3, 0.4) is 0 Å². The molecule has 1 amide bonds. The Morgan fingerprint density at radius 2 is 2.06 bits per heavy atom. The Labute approximate surface area is 105 Å². The van der Waals surface area contributed by atoms with Crippen LogP contribution in [-0.4, -0.2) is 11.9 Å². The first-order chi connectivity index (χ1) is 7.58. The van der Waals surface area contributed by atoms with Gasteiger partial charge in [0.1, 0.15) is 0 Å². The topological polar surface area (TPSA) is 55.1 Å². The van der Waals surface area contributed by atoms with Crippen LogP contribution >= 0.6 is 15.9 Å². The molecule has 3 N–H and O–H groups in total. The van der Waals surface area contributed by atoms with Gasteiger partial charge in [0.05, 0.1) is 0 Å². The maximum Gasteiger partial charge on any atom is 0.251 e. The molecule has 0 saturated carbocycles. The Bertz CT molecular complexity index is 375. The van der Waals surface area contributed by atoms with Crippen molar-refractivity contribution in [2.45, 2.75) is 32.7 Å². The Morgan fingerprint density at radius 1 is 1.44 bits per heavy atom. The molecule has 0 bridgehead atoms. The third-order valence-corrected chi connectivity index (χ3v) is 3.27. The Morgan fingerprint density at radius 3 is 2.56 bits per heavy atom. The molecule has 0 aromatic heterocycles. The normalized spacial score (nSPS) is 10.5. The number of nitrogen functional groups attached to an aromatic ring is 1. The van der Waals surface area contributed by atoms with E-state index >= 15 is 0 Å². The molecule has 0 heterocycles. The highest BCUT2D eigenvalue weighted by atomic mass is 79.9. The van der Waals surface area contributed by atoms with Crippen LogP contribution in [0.2, 0.25) is 0 Å². The Hall–Kier alpha value is -1.03. The van der Waals surface area contributed by atoms with Gasteiger partial charge in [0.25, 0.3) is 5.91 Å². The van der Waals surface area contributed by atoms with Crippen molar-refractivity contribution < 1.29 is 4.79 Å². The number of halogens is 1. The summed E-state index contributed by atoms with van der Waals surface area (Å²) in [6.45, 7) is 4.13. The number of hydrogen-bond acceptors (Lipinski definition) is 2. The first kappa shape index (κ1) is 13.0. The number of carbonyl (C=O) groups excluding carboxylic acids is 1. The first-order valence-corrected chi connectivity index (χ1v) is 6.23. The van der Waals surface area contributed by atoms with Crippen molar-refractivity contribution >= 4 is 27.5 Å². The zero-order valence-electron chi connectivity index (χ0n) is 9.59. The van der Waals surface area contributed by atoms with Crippen molar-refractivity contribution in [3.63, 3.8) is 0 Å². The van der Waals surface area contributed by atoms with E-state index in [1.807, 2.05) is 0 Å². The lowest BCUT2D eigenvalue weighted by atomic mass is 10.1. The highest BCUT2D eigenvalue weighted by molar-refractivity contribution is 9.10. The molecule has 1 rings (SSSR count). The van der Waals surface area contributed by atoms with Crippen molar-refractivity contribution in [3.8, 4) is 0 Å². The van der Waals surface area contributed by atoms with Gasteiger partial charge in [-0.1, -0.05) is 13.8 Å². The first-order valence-electron chi connectivity index (χ1n) is 5.44. The molecule has 4 heteroatoms. The minimum absolute atomic E-state index is 0.0469. The third kappa shape index (κ3) is 3.23. The van der Waals surface area contributed by atoms with Crippen LogP contribution in [0, 0.1) is 0 Å². The van der Waals surface area contributed by atoms with E-state index in [1.165, 1.54) is 0 Å². The second kappa shape index (κ2) is 5.89. The van der Waals surface area contributed by atoms with Crippen molar-refractivity contribution in [2.75, 3.05) is 5.73 Å². The van der Waals surface area contributed by atoms with E-state index in [0.717, 1.165) is 17.3 Å². The molecule has 0 unspecified atom stereocenters. The maximum absolute atomic E-state index is 11.9. The van der Waals surface area contributed by atoms with Crippen LogP contribution in [0.15, 0.2) is 22.7 Å². The number of carbonyl (C=O) groups is 1. The predicted molar refractivity (Wildman–Crippen MR) is 70.4 cm³/mol. The van der Waals surface area contributed by atoms with Gasteiger partial charge in [0, 0.05) is 21.8 Å². The molecule has 3 nitrogen and oxygen atoms in total. The van der Waals surface area contributed by atoms with Gasteiger partial charge in [-0.15, -0.1) is 0 Å². The minimum Gasteiger partial charge on any atom is -0.398 e. The van der Waals surface area contributed by atoms with Crippen LogP contribution < -0.4 is 11.1 Å². The average Bonchev–Trinajstić information content (AvgIpc) is 2.29. The number of nitrogens with two attached hydrogens (primary N) is 1. The SMILES string of the molecule is CCC(CC)NC(=O)c1ccc(N)c(Br)c1. The summed E-state index contributed by atoms with van der Waals surface area (Å²) in [6.07, 6.45) is 1.89. The lowest BCUT2D eigenvalue weighted by molar-refractivity contribution is 0.0935. The number of rotatable bonds is 4. The van der Waals surface area contributed by atoms with Gasteiger partial charge in [-0.05, 0) is 47.0 Å². The number of benzene rings is 1. The van der Waals surface area contributed by atoms with Gasteiger partial charge in [-0.25, -0.2) is 0 Å². The highest BCUT2D eigenvalue weighted by Gasteiger charge is 2.11. The molecule has 0 saturated heterocycles. The zero-order chi connectivity index (χ0) is 12.1. The molecule has 0 fully saturated rings. The molecule has 0 atom stereocenters. The second-order valence-electron chi connectivity index (χ2n) is 3.72. The van der Waals surface area contributed by atoms with Gasteiger partial charge < -0.3 is 11.1 Å². The molecular weight excluding hydrogens is 268 g/mol. The summed E-state index contributed by atoms with van der Waals surface area (Å²) >= 11 is 3.31. The molecule has 0 spiro atoms. The highest BCUT2D eigenvalue weighted by Crippen LogP contribution is 2.20. The average molecular weight is 285 g/mol. The van der Waals surface area contributed by atoms with Crippen LogP contribution in [0.5, 0.6) is 0 Å². The van der Waals surface area contributed by atoms with Gasteiger partial charge >= 0.3 is 0 Å². The zero-order valence-corrected chi connectivity index (χ0v) is 11.2.